The Labute approximate surface area is 98.9 Å². The number of phosphoric acid groups is 1. The molecule has 0 aromatic heterocycles. The smallest absolute Gasteiger partial charge is 0.224 e. The van der Waals surface area contributed by atoms with Crippen LogP contribution in [-0.2, 0) is 46.8 Å². The minimum absolute atomic E-state index is 0.400. The Kier molecular flexibility index (Phi) is 4.90. The van der Waals surface area contributed by atoms with Crippen LogP contribution < -0.4 is 0 Å². The van der Waals surface area contributed by atoms with Crippen LogP contribution in [0.1, 0.15) is 0 Å². The summed E-state index contributed by atoms with van der Waals surface area (Å²) in [6.45, 7) is 0. The molecule has 0 heterocycles. The Morgan fingerprint density at radius 1 is 0.647 bits per heavy atom. The van der Waals surface area contributed by atoms with Crippen molar-refractivity contribution >= 4 is 38.2 Å². The highest BCUT2D eigenvalue weighted by Gasteiger charge is 2.40. The summed E-state index contributed by atoms with van der Waals surface area (Å²) in [5.74, 6) is 0. The predicted octanol–water partition coefficient (Wildman–Crippen LogP) is -0.977. The van der Waals surface area contributed by atoms with E-state index in [0.717, 1.165) is 0 Å². The Morgan fingerprint density at radius 2 is 0.824 bits per heavy atom. The molecule has 0 N–H and O–H groups in total. The summed E-state index contributed by atoms with van der Waals surface area (Å²) < 4.78 is 86.6. The van der Waals surface area contributed by atoms with Crippen LogP contribution >= 0.6 is 7.82 Å². The van der Waals surface area contributed by atoms with Crippen molar-refractivity contribution in [2.45, 2.75) is 0 Å². The first-order chi connectivity index (χ1) is 7.12. The number of rotatable bonds is 6. The fourth-order valence-electron chi connectivity index (χ4n) is 0.535. The van der Waals surface area contributed by atoms with Crippen LogP contribution in [0.3, 0.4) is 0 Å². The van der Waals surface area contributed by atoms with E-state index >= 15 is 0 Å². The molecule has 0 radical (unpaired) electrons. The first kappa shape index (κ1) is 17.0. The Bertz CT molecular complexity index is 532. The lowest BCUT2D eigenvalue weighted by Crippen LogP contribution is -2.12. The summed E-state index contributed by atoms with van der Waals surface area (Å²) >= 11 is 0. The van der Waals surface area contributed by atoms with Crippen molar-refractivity contribution in [1.82, 2.24) is 0 Å². The van der Waals surface area contributed by atoms with Crippen molar-refractivity contribution in [3.05, 3.63) is 0 Å². The van der Waals surface area contributed by atoms with Gasteiger partial charge in [0.2, 0.25) is 0 Å². The van der Waals surface area contributed by atoms with Crippen molar-refractivity contribution in [3.63, 3.8) is 0 Å². The normalized spacial score (nSPS) is 14.8. The number of hydrogen-bond acceptors (Lipinski definition) is 10. The third-order valence-corrected chi connectivity index (χ3v) is 6.12. The van der Waals surface area contributed by atoms with E-state index in [9.17, 15) is 29.8 Å². The molecule has 0 aliphatic carbocycles. The lowest BCUT2D eigenvalue weighted by molar-refractivity contribution is 0.307. The molecule has 0 bridgehead atoms. The zero-order valence-corrected chi connectivity index (χ0v) is 12.1. The molecule has 0 saturated carbocycles. The highest BCUT2D eigenvalue weighted by Crippen LogP contribution is 2.53. The fraction of sp³-hybridized carbons (Fsp3) is 1.00. The zero-order chi connectivity index (χ0) is 14.1. The summed E-state index contributed by atoms with van der Waals surface area (Å²) in [6, 6.07) is 0. The summed E-state index contributed by atoms with van der Waals surface area (Å²) in [6.07, 6.45) is 1.20. The predicted molar refractivity (Wildman–Crippen MR) is 55.4 cm³/mol. The van der Waals surface area contributed by atoms with Crippen LogP contribution in [0.25, 0.3) is 0 Å². The molecule has 0 aliphatic heterocycles. The van der Waals surface area contributed by atoms with Gasteiger partial charge in [0.15, 0.2) is 0 Å². The molecule has 0 saturated heterocycles. The average Bonchev–Trinajstić information content (AvgIpc) is 1.65. The van der Waals surface area contributed by atoms with Gasteiger partial charge in [-0.15, -0.1) is 0 Å². The van der Waals surface area contributed by atoms with Gasteiger partial charge in [0.25, 0.3) is 30.4 Å². The molecule has 0 fully saturated rings. The van der Waals surface area contributed by atoms with Crippen LogP contribution in [-0.4, -0.2) is 44.0 Å². The van der Waals surface area contributed by atoms with Crippen LogP contribution in [0.5, 0.6) is 0 Å². The first-order valence-electron chi connectivity index (χ1n) is 3.46. The van der Waals surface area contributed by atoms with Crippen LogP contribution in [0.15, 0.2) is 0 Å². The third-order valence-electron chi connectivity index (χ3n) is 0.680. The van der Waals surface area contributed by atoms with E-state index < -0.39 is 38.2 Å². The summed E-state index contributed by atoms with van der Waals surface area (Å²) in [7, 11) is -18.8. The van der Waals surface area contributed by atoms with Gasteiger partial charge < -0.3 is 0 Å². The first-order valence-corrected chi connectivity index (χ1v) is 10.4. The molecule has 0 aliphatic rings. The molecular formula is C3H9O10PS3. The third kappa shape index (κ3) is 9.64. The SMILES string of the molecule is CS(=O)(=O)OP(=O)(OS(C)(=O)=O)OS(C)(=O)=O. The summed E-state index contributed by atoms with van der Waals surface area (Å²) in [4.78, 5) is 0. The Balaban J connectivity index is 5.46. The van der Waals surface area contributed by atoms with Crippen molar-refractivity contribution in [2.75, 3.05) is 18.8 Å². The minimum atomic E-state index is -5.35. The van der Waals surface area contributed by atoms with Gasteiger partial charge in [0.1, 0.15) is 0 Å². The molecule has 0 atom stereocenters. The topological polar surface area (TPSA) is 147 Å². The van der Waals surface area contributed by atoms with E-state index in [1.807, 2.05) is 0 Å². The standard InChI is InChI=1S/C3H9O10PS3/c1-15(5,6)11-14(4,12-16(2,7)8)13-17(3,9)10/h1-3H3. The van der Waals surface area contributed by atoms with Gasteiger partial charge in [-0.3, -0.25) is 0 Å². The van der Waals surface area contributed by atoms with Gasteiger partial charge in [-0.1, -0.05) is 0 Å². The van der Waals surface area contributed by atoms with Gasteiger partial charge in [0, 0.05) is 0 Å². The van der Waals surface area contributed by atoms with E-state index in [4.69, 9.17) is 0 Å². The van der Waals surface area contributed by atoms with Gasteiger partial charge >= 0.3 is 7.82 Å². The maximum absolute atomic E-state index is 11.5. The average molecular weight is 332 g/mol. The summed E-state index contributed by atoms with van der Waals surface area (Å²) in [5, 5.41) is 0. The van der Waals surface area contributed by atoms with Crippen molar-refractivity contribution in [2.24, 2.45) is 0 Å². The molecule has 17 heavy (non-hydrogen) atoms. The lowest BCUT2D eigenvalue weighted by Gasteiger charge is -2.12. The van der Waals surface area contributed by atoms with E-state index in [1.165, 1.54) is 0 Å². The van der Waals surface area contributed by atoms with Crippen LogP contribution in [0.2, 0.25) is 0 Å². The lowest BCUT2D eigenvalue weighted by atomic mass is 12.0. The second-order valence-corrected chi connectivity index (χ2v) is 9.69. The van der Waals surface area contributed by atoms with E-state index in [-0.39, 0.29) is 0 Å². The van der Waals surface area contributed by atoms with Gasteiger partial charge in [0.05, 0.1) is 18.8 Å². The molecule has 0 aromatic rings. The molecule has 0 aromatic carbocycles. The molecular weight excluding hydrogens is 323 g/mol. The maximum atomic E-state index is 11.5. The second-order valence-electron chi connectivity index (χ2n) is 2.78. The fourth-order valence-corrected chi connectivity index (χ4v) is 5.48. The second kappa shape index (κ2) is 4.91. The minimum Gasteiger partial charge on any atom is -0.224 e. The molecule has 0 unspecified atom stereocenters. The van der Waals surface area contributed by atoms with Gasteiger partial charge in [-0.25, -0.2) is 4.57 Å². The summed E-state index contributed by atoms with van der Waals surface area (Å²) in [5.41, 5.74) is 0. The van der Waals surface area contributed by atoms with E-state index in [0.29, 0.717) is 18.8 Å². The Hall–Kier alpha value is -0.0400. The molecule has 0 spiro atoms. The van der Waals surface area contributed by atoms with E-state index in [1.54, 1.807) is 0 Å². The van der Waals surface area contributed by atoms with Crippen LogP contribution in [0.4, 0.5) is 0 Å². The molecule has 0 rings (SSSR count). The monoisotopic (exact) mass is 332 g/mol. The van der Waals surface area contributed by atoms with Crippen LogP contribution in [0, 0.1) is 0 Å². The largest absolute Gasteiger partial charge is 0.519 e. The van der Waals surface area contributed by atoms with Gasteiger partial charge in [-0.2, -0.15) is 37.2 Å². The molecule has 104 valence electrons. The van der Waals surface area contributed by atoms with Crippen molar-refractivity contribution in [3.8, 4) is 0 Å². The number of hydrogen-bond donors (Lipinski definition) is 0. The highest BCUT2D eigenvalue weighted by atomic mass is 32.3. The van der Waals surface area contributed by atoms with Crippen molar-refractivity contribution < 1.29 is 41.7 Å². The van der Waals surface area contributed by atoms with E-state index in [2.05, 4.69) is 11.9 Å². The van der Waals surface area contributed by atoms with Gasteiger partial charge in [-0.05, 0) is 0 Å². The maximum Gasteiger partial charge on any atom is 0.519 e. The zero-order valence-electron chi connectivity index (χ0n) is 8.75. The molecule has 0 amide bonds. The Morgan fingerprint density at radius 3 is 0.941 bits per heavy atom. The quantitative estimate of drug-likeness (QED) is 0.556. The highest BCUT2D eigenvalue weighted by molar-refractivity contribution is 7.97. The molecule has 10 nitrogen and oxygen atoms in total. The molecule has 14 heteroatoms. The van der Waals surface area contributed by atoms with Crippen molar-refractivity contribution in [1.29, 1.82) is 0 Å².